The summed E-state index contributed by atoms with van der Waals surface area (Å²) >= 11 is 3.31. The summed E-state index contributed by atoms with van der Waals surface area (Å²) in [5.41, 5.74) is 1.89. The first kappa shape index (κ1) is 20.1. The summed E-state index contributed by atoms with van der Waals surface area (Å²) in [4.78, 5) is 9.17. The van der Waals surface area contributed by atoms with Crippen LogP contribution in [-0.4, -0.2) is 25.5 Å². The third kappa shape index (κ3) is 4.37. The van der Waals surface area contributed by atoms with Crippen molar-refractivity contribution >= 4 is 54.3 Å². The first-order valence-corrected chi connectivity index (χ1v) is 11.2. The van der Waals surface area contributed by atoms with Crippen molar-refractivity contribution in [2.45, 2.75) is 4.90 Å². The first-order chi connectivity index (χ1) is 14.4. The minimum absolute atomic E-state index is 0.0967. The number of nitrogens with one attached hydrogen (secondary N) is 2. The number of para-hydroxylation sites is 2. The number of fused-ring (bicyclic) bond motifs is 1. The van der Waals surface area contributed by atoms with Crippen molar-refractivity contribution in [2.75, 3.05) is 17.1 Å². The average molecular weight is 485 g/mol. The van der Waals surface area contributed by atoms with Crippen LogP contribution in [0.3, 0.4) is 0 Å². The van der Waals surface area contributed by atoms with Gasteiger partial charge in [-0.15, -0.1) is 0 Å². The van der Waals surface area contributed by atoms with E-state index in [1.165, 1.54) is 12.1 Å². The maximum Gasteiger partial charge on any atom is 0.263 e. The lowest BCUT2D eigenvalue weighted by molar-refractivity contribution is 0.415. The van der Waals surface area contributed by atoms with Gasteiger partial charge in [-0.25, -0.2) is 18.4 Å². The van der Waals surface area contributed by atoms with Gasteiger partial charge in [0.2, 0.25) is 0 Å². The minimum Gasteiger partial charge on any atom is -0.497 e. The van der Waals surface area contributed by atoms with Crippen LogP contribution in [0, 0.1) is 0 Å². The Labute approximate surface area is 182 Å². The number of rotatable bonds is 6. The van der Waals surface area contributed by atoms with E-state index in [1.54, 1.807) is 31.4 Å². The standard InChI is InChI=1S/C21H17BrN4O3S/c1-29-16-6-4-5-15(13-16)23-20-21(25-19-8-3-2-7-18(19)24-20)26-30(27,28)17-11-9-14(22)10-12-17/h2-13H,1H3,(H,23,24)(H,25,26). The van der Waals surface area contributed by atoms with Crippen LogP contribution in [0.5, 0.6) is 5.75 Å². The third-order valence-electron chi connectivity index (χ3n) is 4.26. The zero-order valence-electron chi connectivity index (χ0n) is 15.8. The number of nitrogens with zero attached hydrogens (tertiary/aromatic N) is 2. The Morgan fingerprint density at radius 3 is 2.20 bits per heavy atom. The topological polar surface area (TPSA) is 93.2 Å². The summed E-state index contributed by atoms with van der Waals surface area (Å²) in [6.45, 7) is 0. The van der Waals surface area contributed by atoms with Gasteiger partial charge < -0.3 is 10.1 Å². The van der Waals surface area contributed by atoms with Crippen molar-refractivity contribution in [1.82, 2.24) is 9.97 Å². The molecule has 0 unspecified atom stereocenters. The lowest BCUT2D eigenvalue weighted by atomic mass is 10.3. The molecule has 1 aromatic heterocycles. The molecule has 152 valence electrons. The molecular formula is C21H17BrN4O3S. The molecule has 0 saturated carbocycles. The molecule has 4 rings (SSSR count). The summed E-state index contributed by atoms with van der Waals surface area (Å²) in [7, 11) is -2.29. The second-order valence-corrected chi connectivity index (χ2v) is 8.92. The molecule has 0 fully saturated rings. The minimum atomic E-state index is -3.86. The maximum atomic E-state index is 12.9. The third-order valence-corrected chi connectivity index (χ3v) is 6.14. The van der Waals surface area contributed by atoms with E-state index < -0.39 is 10.0 Å². The number of hydrogen-bond donors (Lipinski definition) is 2. The smallest absolute Gasteiger partial charge is 0.263 e. The molecule has 0 radical (unpaired) electrons. The molecular weight excluding hydrogens is 468 g/mol. The molecule has 0 saturated heterocycles. The van der Waals surface area contributed by atoms with Crippen LogP contribution in [0.25, 0.3) is 11.0 Å². The number of anilines is 3. The fourth-order valence-electron chi connectivity index (χ4n) is 2.80. The Morgan fingerprint density at radius 1 is 0.867 bits per heavy atom. The van der Waals surface area contributed by atoms with Gasteiger partial charge in [-0.3, -0.25) is 4.72 Å². The Kier molecular flexibility index (Phi) is 5.56. The second kappa shape index (κ2) is 8.29. The predicted molar refractivity (Wildman–Crippen MR) is 121 cm³/mol. The van der Waals surface area contributed by atoms with Gasteiger partial charge in [-0.1, -0.05) is 34.1 Å². The molecule has 1 heterocycles. The number of ether oxygens (including phenoxy) is 1. The average Bonchev–Trinajstić information content (AvgIpc) is 2.74. The fourth-order valence-corrected chi connectivity index (χ4v) is 4.07. The Bertz CT molecular complexity index is 1310. The zero-order chi connectivity index (χ0) is 21.1. The van der Waals surface area contributed by atoms with Crippen LogP contribution >= 0.6 is 15.9 Å². The van der Waals surface area contributed by atoms with E-state index >= 15 is 0 Å². The van der Waals surface area contributed by atoms with Crippen molar-refractivity contribution in [1.29, 1.82) is 0 Å². The zero-order valence-corrected chi connectivity index (χ0v) is 18.2. The normalized spacial score (nSPS) is 11.3. The molecule has 0 aliphatic carbocycles. The molecule has 0 atom stereocenters. The number of hydrogen-bond acceptors (Lipinski definition) is 6. The van der Waals surface area contributed by atoms with E-state index in [1.807, 2.05) is 36.4 Å². The van der Waals surface area contributed by atoms with Crippen molar-refractivity contribution in [3.8, 4) is 5.75 Å². The van der Waals surface area contributed by atoms with Gasteiger partial charge in [-0.05, 0) is 48.5 Å². The van der Waals surface area contributed by atoms with Crippen molar-refractivity contribution in [3.05, 3.63) is 77.3 Å². The van der Waals surface area contributed by atoms with E-state index in [-0.39, 0.29) is 16.5 Å². The SMILES string of the molecule is COc1cccc(Nc2nc3ccccc3nc2NS(=O)(=O)c2ccc(Br)cc2)c1. The number of sulfonamides is 1. The van der Waals surface area contributed by atoms with E-state index in [0.717, 1.165) is 4.47 Å². The molecule has 0 bridgehead atoms. The van der Waals surface area contributed by atoms with Crippen LogP contribution in [0.1, 0.15) is 0 Å². The second-order valence-electron chi connectivity index (χ2n) is 6.33. The fraction of sp³-hybridized carbons (Fsp3) is 0.0476. The molecule has 4 aromatic rings. The van der Waals surface area contributed by atoms with Crippen LogP contribution in [0.4, 0.5) is 17.3 Å². The molecule has 2 N–H and O–H groups in total. The van der Waals surface area contributed by atoms with Gasteiger partial charge in [0, 0.05) is 16.2 Å². The van der Waals surface area contributed by atoms with E-state index in [4.69, 9.17) is 4.74 Å². The van der Waals surface area contributed by atoms with Crippen LogP contribution in [0.2, 0.25) is 0 Å². The van der Waals surface area contributed by atoms with Crippen molar-refractivity contribution in [2.24, 2.45) is 0 Å². The number of methoxy groups -OCH3 is 1. The van der Waals surface area contributed by atoms with Gasteiger partial charge in [0.05, 0.1) is 23.0 Å². The van der Waals surface area contributed by atoms with Gasteiger partial charge in [-0.2, -0.15) is 0 Å². The van der Waals surface area contributed by atoms with Gasteiger partial charge in [0.15, 0.2) is 11.6 Å². The van der Waals surface area contributed by atoms with Crippen molar-refractivity contribution < 1.29 is 13.2 Å². The summed E-state index contributed by atoms with van der Waals surface area (Å²) in [6.07, 6.45) is 0. The quantitative estimate of drug-likeness (QED) is 0.402. The number of aromatic nitrogens is 2. The summed E-state index contributed by atoms with van der Waals surface area (Å²) < 4.78 is 34.4. The number of benzene rings is 3. The number of halogens is 1. The largest absolute Gasteiger partial charge is 0.497 e. The summed E-state index contributed by atoms with van der Waals surface area (Å²) in [5.74, 6) is 1.04. The Hall–Kier alpha value is -3.17. The van der Waals surface area contributed by atoms with Crippen molar-refractivity contribution in [3.63, 3.8) is 0 Å². The lowest BCUT2D eigenvalue weighted by Crippen LogP contribution is -2.16. The summed E-state index contributed by atoms with van der Waals surface area (Å²) in [6, 6.07) is 20.8. The van der Waals surface area contributed by atoms with Crippen LogP contribution in [-0.2, 0) is 10.0 Å². The van der Waals surface area contributed by atoms with E-state index in [9.17, 15) is 8.42 Å². The highest BCUT2D eigenvalue weighted by molar-refractivity contribution is 9.10. The highest BCUT2D eigenvalue weighted by atomic mass is 79.9. The molecule has 0 spiro atoms. The molecule has 0 aliphatic rings. The predicted octanol–water partition coefficient (Wildman–Crippen LogP) is 4.95. The van der Waals surface area contributed by atoms with E-state index in [0.29, 0.717) is 22.5 Å². The maximum absolute atomic E-state index is 12.9. The highest BCUT2D eigenvalue weighted by Crippen LogP contribution is 2.28. The Morgan fingerprint density at radius 2 is 1.53 bits per heavy atom. The molecule has 0 aliphatic heterocycles. The lowest BCUT2D eigenvalue weighted by Gasteiger charge is -2.14. The molecule has 3 aromatic carbocycles. The van der Waals surface area contributed by atoms with Gasteiger partial charge in [0.1, 0.15) is 5.75 Å². The van der Waals surface area contributed by atoms with Gasteiger partial charge in [0.25, 0.3) is 10.0 Å². The van der Waals surface area contributed by atoms with E-state index in [2.05, 4.69) is 35.9 Å². The monoisotopic (exact) mass is 484 g/mol. The Balaban J connectivity index is 1.77. The molecule has 7 nitrogen and oxygen atoms in total. The summed E-state index contributed by atoms with van der Waals surface area (Å²) in [5, 5.41) is 3.13. The van der Waals surface area contributed by atoms with Crippen LogP contribution < -0.4 is 14.8 Å². The van der Waals surface area contributed by atoms with Crippen LogP contribution in [0.15, 0.2) is 82.2 Å². The molecule has 30 heavy (non-hydrogen) atoms. The highest BCUT2D eigenvalue weighted by Gasteiger charge is 2.19. The molecule has 0 amide bonds. The molecule has 9 heteroatoms. The van der Waals surface area contributed by atoms with Gasteiger partial charge >= 0.3 is 0 Å². The first-order valence-electron chi connectivity index (χ1n) is 8.91.